The summed E-state index contributed by atoms with van der Waals surface area (Å²) in [7, 11) is 0. The van der Waals surface area contributed by atoms with Crippen LogP contribution >= 0.6 is 11.6 Å². The van der Waals surface area contributed by atoms with E-state index in [1.807, 2.05) is 18.2 Å². The van der Waals surface area contributed by atoms with Crippen LogP contribution in [0.2, 0.25) is 5.02 Å². The molecule has 0 aliphatic heterocycles. The molecule has 0 aliphatic rings. The van der Waals surface area contributed by atoms with Crippen LogP contribution in [0, 0.1) is 0 Å². The van der Waals surface area contributed by atoms with Gasteiger partial charge in [0.1, 0.15) is 5.02 Å². The van der Waals surface area contributed by atoms with Gasteiger partial charge in [0, 0.05) is 30.2 Å². The summed E-state index contributed by atoms with van der Waals surface area (Å²) in [6.45, 7) is 6.80. The minimum atomic E-state index is -0.352. The predicted molar refractivity (Wildman–Crippen MR) is 113 cm³/mol. The van der Waals surface area contributed by atoms with Gasteiger partial charge in [-0.1, -0.05) is 62.7 Å². The molecule has 0 fully saturated rings. The van der Waals surface area contributed by atoms with Crippen LogP contribution in [0.4, 0.5) is 0 Å². The Morgan fingerprint density at radius 3 is 2.46 bits per heavy atom. The Bertz CT molecular complexity index is 1120. The molecule has 0 spiro atoms. The minimum Gasteiger partial charge on any atom is -0.321 e. The lowest BCUT2D eigenvalue weighted by Crippen LogP contribution is -2.21. The van der Waals surface area contributed by atoms with E-state index >= 15 is 0 Å². The molecule has 0 amide bonds. The van der Waals surface area contributed by atoms with Gasteiger partial charge in [0.05, 0.1) is 0 Å². The largest absolute Gasteiger partial charge is 0.347 e. The van der Waals surface area contributed by atoms with Crippen LogP contribution in [0.5, 0.6) is 0 Å². The van der Waals surface area contributed by atoms with E-state index in [0.29, 0.717) is 12.2 Å². The lowest BCUT2D eigenvalue weighted by Gasteiger charge is -2.19. The number of halogens is 1. The number of pyridine rings is 1. The van der Waals surface area contributed by atoms with Crippen molar-refractivity contribution in [2.45, 2.75) is 32.7 Å². The van der Waals surface area contributed by atoms with Crippen molar-refractivity contribution in [2.24, 2.45) is 0 Å². The van der Waals surface area contributed by atoms with Gasteiger partial charge in [-0.25, -0.2) is 9.78 Å². The third kappa shape index (κ3) is 4.49. The van der Waals surface area contributed by atoms with Gasteiger partial charge < -0.3 is 4.98 Å². The number of aromatic nitrogens is 3. The van der Waals surface area contributed by atoms with Crippen molar-refractivity contribution >= 4 is 17.2 Å². The molecule has 0 aliphatic carbocycles. The number of rotatable bonds is 4. The van der Waals surface area contributed by atoms with Crippen molar-refractivity contribution in [3.05, 3.63) is 104 Å². The highest BCUT2D eigenvalue weighted by atomic mass is 35.5. The average Bonchev–Trinajstić information content (AvgIpc) is 2.66. The average molecular weight is 396 g/mol. The number of hydrogen-bond donors (Lipinski definition) is 1. The maximum Gasteiger partial charge on any atom is 0.347 e. The summed E-state index contributed by atoms with van der Waals surface area (Å²) in [5, 5.41) is 0.134. The molecule has 2 aromatic heterocycles. The smallest absolute Gasteiger partial charge is 0.321 e. The van der Waals surface area contributed by atoms with E-state index in [1.54, 1.807) is 24.4 Å². The number of aromatic amines is 1. The van der Waals surface area contributed by atoms with Crippen molar-refractivity contribution in [3.63, 3.8) is 0 Å². The summed E-state index contributed by atoms with van der Waals surface area (Å²) < 4.78 is 1.50. The van der Waals surface area contributed by atoms with E-state index in [9.17, 15) is 9.59 Å². The van der Waals surface area contributed by atoms with Crippen LogP contribution < -0.4 is 11.2 Å². The number of nitrogens with one attached hydrogen (secondary N) is 1. The van der Waals surface area contributed by atoms with Crippen molar-refractivity contribution in [2.75, 3.05) is 0 Å². The summed E-state index contributed by atoms with van der Waals surface area (Å²) in [4.78, 5) is 30.5. The maximum atomic E-state index is 12.0. The molecule has 1 N–H and O–H groups in total. The van der Waals surface area contributed by atoms with Gasteiger partial charge in [0.15, 0.2) is 0 Å². The topological polar surface area (TPSA) is 67.8 Å². The van der Waals surface area contributed by atoms with Gasteiger partial charge in [0.2, 0.25) is 0 Å². The van der Waals surface area contributed by atoms with Gasteiger partial charge in [-0.15, -0.1) is 0 Å². The molecule has 0 saturated carbocycles. The molecule has 144 valence electrons. The van der Waals surface area contributed by atoms with E-state index in [0.717, 1.165) is 11.1 Å². The molecule has 0 radical (unpaired) electrons. The fraction of sp³-hybridized carbons (Fsp3) is 0.227. The summed E-state index contributed by atoms with van der Waals surface area (Å²) in [5.74, 6) is 0. The zero-order valence-electron chi connectivity index (χ0n) is 16.1. The molecular formula is C22H22ClN3O2. The molecule has 1 aromatic carbocycles. The number of benzene rings is 1. The number of hydrogen-bond acceptors (Lipinski definition) is 3. The summed E-state index contributed by atoms with van der Waals surface area (Å²) in [5.41, 5.74) is 2.95. The van der Waals surface area contributed by atoms with Crippen LogP contribution in [0.3, 0.4) is 0 Å². The third-order valence-electron chi connectivity index (χ3n) is 4.49. The van der Waals surface area contributed by atoms with Gasteiger partial charge >= 0.3 is 5.69 Å². The van der Waals surface area contributed by atoms with E-state index < -0.39 is 0 Å². The number of nitrogens with zero attached hydrogens (tertiary/aromatic N) is 2. The van der Waals surface area contributed by atoms with Gasteiger partial charge in [-0.2, -0.15) is 0 Å². The molecular weight excluding hydrogens is 374 g/mol. The minimum absolute atomic E-state index is 0.0417. The molecule has 3 rings (SSSR count). The summed E-state index contributed by atoms with van der Waals surface area (Å²) in [6, 6.07) is 13.2. The Morgan fingerprint density at radius 1 is 1.14 bits per heavy atom. The Labute approximate surface area is 168 Å². The quantitative estimate of drug-likeness (QED) is 0.725. The lowest BCUT2D eigenvalue weighted by molar-refractivity contribution is 0.590. The molecule has 6 heteroatoms. The van der Waals surface area contributed by atoms with Crippen LogP contribution in [0.15, 0.2) is 70.5 Å². The Morgan fingerprint density at radius 2 is 1.86 bits per heavy atom. The van der Waals surface area contributed by atoms with Crippen LogP contribution in [-0.2, 0) is 12.0 Å². The first-order valence-electron chi connectivity index (χ1n) is 8.97. The molecule has 0 unspecified atom stereocenters. The number of H-pyrrole nitrogens is 1. The normalized spacial score (nSPS) is 12.2. The lowest BCUT2D eigenvalue weighted by atomic mass is 9.86. The summed E-state index contributed by atoms with van der Waals surface area (Å²) in [6.07, 6.45) is 5.04. The fourth-order valence-corrected chi connectivity index (χ4v) is 2.97. The van der Waals surface area contributed by atoms with Crippen molar-refractivity contribution in [3.8, 4) is 0 Å². The third-order valence-corrected chi connectivity index (χ3v) is 4.79. The van der Waals surface area contributed by atoms with E-state index in [2.05, 4.69) is 42.9 Å². The predicted octanol–water partition coefficient (Wildman–Crippen LogP) is 4.01. The first-order valence-corrected chi connectivity index (χ1v) is 9.35. The first-order chi connectivity index (χ1) is 13.3. The second-order valence-corrected chi connectivity index (χ2v) is 7.96. The van der Waals surface area contributed by atoms with Gasteiger partial charge in [0.25, 0.3) is 5.56 Å². The molecule has 3 aromatic rings. The van der Waals surface area contributed by atoms with Gasteiger partial charge in [-0.05, 0) is 34.7 Å². The van der Waals surface area contributed by atoms with E-state index in [-0.39, 0.29) is 21.7 Å². The summed E-state index contributed by atoms with van der Waals surface area (Å²) >= 11 is 5.88. The van der Waals surface area contributed by atoms with Crippen LogP contribution in [0.25, 0.3) is 5.57 Å². The second kappa shape index (κ2) is 7.98. The SMILES string of the molecule is CC(C)(C)c1ccc(/C(=C\Cn2cccnc2=O)c2ccc(Cl)c(=O)[nH]2)cc1. The number of allylic oxidation sites excluding steroid dienone is 1. The Kier molecular flexibility index (Phi) is 5.66. The van der Waals surface area contributed by atoms with Crippen molar-refractivity contribution < 1.29 is 0 Å². The highest BCUT2D eigenvalue weighted by Crippen LogP contribution is 2.27. The zero-order valence-corrected chi connectivity index (χ0v) is 16.8. The second-order valence-electron chi connectivity index (χ2n) is 7.55. The molecule has 2 heterocycles. The molecule has 5 nitrogen and oxygen atoms in total. The highest BCUT2D eigenvalue weighted by Gasteiger charge is 2.14. The maximum absolute atomic E-state index is 12.0. The van der Waals surface area contributed by atoms with Crippen molar-refractivity contribution in [1.29, 1.82) is 0 Å². The molecule has 0 saturated heterocycles. The first kappa shape index (κ1) is 19.8. The van der Waals surface area contributed by atoms with Gasteiger partial charge in [-0.3, -0.25) is 9.36 Å². The molecule has 0 atom stereocenters. The molecule has 28 heavy (non-hydrogen) atoms. The monoisotopic (exact) mass is 395 g/mol. The van der Waals surface area contributed by atoms with E-state index in [1.165, 1.54) is 16.3 Å². The highest BCUT2D eigenvalue weighted by molar-refractivity contribution is 6.30. The Balaban J connectivity index is 2.07. The molecule has 0 bridgehead atoms. The Hall–Kier alpha value is -2.92. The van der Waals surface area contributed by atoms with E-state index in [4.69, 9.17) is 11.6 Å². The fourth-order valence-electron chi connectivity index (χ4n) is 2.86. The standard InChI is InChI=1S/C22H22ClN3O2/c1-22(2,3)16-7-5-15(6-8-16)17(19-10-9-18(23)20(27)25-19)11-14-26-13-4-12-24-21(26)28/h4-13H,14H2,1-3H3,(H,25,27)/b17-11+. The zero-order chi connectivity index (χ0) is 20.3. The van der Waals surface area contributed by atoms with Crippen LogP contribution in [0.1, 0.15) is 37.6 Å². The van der Waals surface area contributed by atoms with Crippen LogP contribution in [-0.4, -0.2) is 14.5 Å². The van der Waals surface area contributed by atoms with Crippen molar-refractivity contribution in [1.82, 2.24) is 14.5 Å².